The van der Waals surface area contributed by atoms with E-state index in [1.165, 1.54) is 16.5 Å². The zero-order valence-electron chi connectivity index (χ0n) is 21.2. The number of allylic oxidation sites excluding steroid dienone is 1. The van der Waals surface area contributed by atoms with Crippen LogP contribution in [0.3, 0.4) is 0 Å². The van der Waals surface area contributed by atoms with Gasteiger partial charge in [-0.05, 0) is 67.8 Å². The average Bonchev–Trinajstić information content (AvgIpc) is 3.34. The van der Waals surface area contributed by atoms with Crippen molar-refractivity contribution in [2.45, 2.75) is 45.2 Å². The molecular formula is C27H32N4O2. The molecule has 2 aliphatic rings. The van der Waals surface area contributed by atoms with Gasteiger partial charge in [-0.15, -0.1) is 0 Å². The zero-order chi connectivity index (χ0) is 24.7. The van der Waals surface area contributed by atoms with Crippen LogP contribution in [-0.2, 0) is 6.54 Å². The molecule has 1 saturated heterocycles. The molecule has 0 unspecified atom stereocenters. The minimum atomic E-state index is -0.0167. The van der Waals surface area contributed by atoms with Crippen LogP contribution in [0.25, 0.3) is 10.9 Å². The van der Waals surface area contributed by atoms with Gasteiger partial charge in [-0.25, -0.2) is 0 Å². The van der Waals surface area contributed by atoms with Crippen LogP contribution in [0.1, 0.15) is 56.7 Å². The topological polar surface area (TPSA) is 86.9 Å². The van der Waals surface area contributed by atoms with E-state index < -0.39 is 0 Å². The minimum absolute atomic E-state index is 0.0167. The molecule has 2 aromatic carbocycles. The molecule has 6 nitrogen and oxygen atoms in total. The van der Waals surface area contributed by atoms with E-state index in [1.54, 1.807) is 7.11 Å². The van der Waals surface area contributed by atoms with Crippen molar-refractivity contribution in [3.05, 3.63) is 77.0 Å². The fourth-order valence-electron chi connectivity index (χ4n) is 5.79. The van der Waals surface area contributed by atoms with E-state index in [9.17, 15) is 0 Å². The van der Waals surface area contributed by atoms with Gasteiger partial charge in [0.2, 0.25) is 0 Å². The van der Waals surface area contributed by atoms with E-state index in [0.29, 0.717) is 5.56 Å². The van der Waals surface area contributed by atoms with Gasteiger partial charge in [-0.2, -0.15) is 0 Å². The Morgan fingerprint density at radius 1 is 1.36 bits per heavy atom. The molecule has 1 aliphatic carbocycles. The third-order valence-electron chi connectivity index (χ3n) is 7.56. The van der Waals surface area contributed by atoms with Crippen molar-refractivity contribution in [1.82, 2.24) is 9.88 Å². The monoisotopic (exact) mass is 446 g/mol. The summed E-state index contributed by atoms with van der Waals surface area (Å²) in [6, 6.07) is 12.3. The summed E-state index contributed by atoms with van der Waals surface area (Å²) in [5.74, 6) is 0.998. The molecule has 3 aromatic rings. The summed E-state index contributed by atoms with van der Waals surface area (Å²) in [5, 5.41) is 13.3. The molecule has 5 rings (SSSR count). The Labute approximate surface area is 197 Å². The van der Waals surface area contributed by atoms with Gasteiger partial charge < -0.3 is 20.7 Å². The van der Waals surface area contributed by atoms with Crippen LogP contribution in [0.5, 0.6) is 5.75 Å². The molecule has 0 bridgehead atoms. The van der Waals surface area contributed by atoms with Crippen LogP contribution < -0.4 is 10.5 Å². The van der Waals surface area contributed by atoms with Crippen LogP contribution in [-0.4, -0.2) is 34.6 Å². The quantitative estimate of drug-likeness (QED) is 0.164. The lowest BCUT2D eigenvalue weighted by atomic mass is 9.59. The Hall–Kier alpha value is -3.25. The molecular weight excluding hydrogens is 412 g/mol. The number of nitrogens with zero attached hydrogens (tertiary/aromatic N) is 2. The molecule has 2 fully saturated rings. The highest BCUT2D eigenvalue weighted by atomic mass is 16.5. The number of oxime groups is 1. The number of benzene rings is 2. The number of methoxy groups -OCH3 is 1. The molecule has 1 spiro atoms. The van der Waals surface area contributed by atoms with Crippen molar-refractivity contribution in [1.29, 1.82) is 0 Å². The number of likely N-dealkylation sites (tertiary alicyclic amines) is 1. The van der Waals surface area contributed by atoms with Gasteiger partial charge in [0.15, 0.2) is 5.84 Å². The highest BCUT2D eigenvalue weighted by molar-refractivity contribution is 5.97. The Kier molecular flexibility index (Phi) is 4.82. The first-order valence-electron chi connectivity index (χ1n) is 12.4. The highest BCUT2D eigenvalue weighted by Gasteiger charge is 2.46. The number of hydrogen-bond acceptors (Lipinski definition) is 4. The van der Waals surface area contributed by atoms with E-state index in [2.05, 4.69) is 46.2 Å². The number of hydrogen-bond donors (Lipinski definition) is 3. The number of aryl methyl sites for hydroxylation is 1. The van der Waals surface area contributed by atoms with Gasteiger partial charge in [0.25, 0.3) is 0 Å². The minimum Gasteiger partial charge on any atom is -0.496 e. The second kappa shape index (κ2) is 8.27. The second-order valence-electron chi connectivity index (χ2n) is 9.65. The first-order chi connectivity index (χ1) is 16.8. The standard InChI is InChI=1S/C27H32N4O2/c1-17-13-27(14-17)9-11-31(23(15-27)19-4-6-20(7-5-19)26(28)30-32)16-22-21-8-10-29-25(21)18(2)12-24(22)33-3/h4-8,10,12,23,29,32H,1,9,11,13-16H2,2-3H3,(H2,28,30)/t23-/m0/s1/i1D2. The molecule has 0 amide bonds. The van der Waals surface area contributed by atoms with Crippen molar-refractivity contribution < 1.29 is 12.7 Å². The number of ether oxygens (including phenoxy) is 1. The van der Waals surface area contributed by atoms with E-state index >= 15 is 0 Å². The lowest BCUT2D eigenvalue weighted by Gasteiger charge is -2.53. The SMILES string of the molecule is [2H]C([2H])=C1CC2(CCN(Cc3c(OC)cc(C)c4[nH]ccc34)[C@H](c3ccc(/C(N)=N/O)cc3)C2)C1. The third kappa shape index (κ3) is 3.78. The van der Waals surface area contributed by atoms with Crippen molar-refractivity contribution in [3.8, 4) is 5.75 Å². The normalized spacial score (nSPS) is 21.6. The van der Waals surface area contributed by atoms with Crippen LogP contribution in [0.15, 0.2) is 59.9 Å². The van der Waals surface area contributed by atoms with Crippen LogP contribution in [0, 0.1) is 12.3 Å². The van der Waals surface area contributed by atoms with Crippen LogP contribution >= 0.6 is 0 Å². The smallest absolute Gasteiger partial charge is 0.170 e. The maximum absolute atomic E-state index is 9.03. The number of aromatic amines is 1. The number of nitrogens with two attached hydrogens (primary N) is 1. The predicted molar refractivity (Wildman–Crippen MR) is 132 cm³/mol. The Morgan fingerprint density at radius 2 is 2.15 bits per heavy atom. The summed E-state index contributed by atoms with van der Waals surface area (Å²) >= 11 is 0. The fraction of sp³-hybridized carbons (Fsp3) is 0.370. The number of rotatable bonds is 5. The van der Waals surface area contributed by atoms with Gasteiger partial charge in [0.1, 0.15) is 5.75 Å². The lowest BCUT2D eigenvalue weighted by Crippen LogP contribution is -2.45. The largest absolute Gasteiger partial charge is 0.496 e. The summed E-state index contributed by atoms with van der Waals surface area (Å²) < 4.78 is 21.3. The fourth-order valence-corrected chi connectivity index (χ4v) is 5.79. The summed E-state index contributed by atoms with van der Waals surface area (Å²) in [6.45, 7) is 3.76. The van der Waals surface area contributed by atoms with E-state index in [-0.39, 0.29) is 23.8 Å². The first-order valence-corrected chi connectivity index (χ1v) is 11.4. The summed E-state index contributed by atoms with van der Waals surface area (Å²) in [5.41, 5.74) is 12.3. The molecule has 4 N–H and O–H groups in total. The van der Waals surface area contributed by atoms with Crippen molar-refractivity contribution in [2.75, 3.05) is 13.7 Å². The van der Waals surface area contributed by atoms with E-state index in [0.717, 1.165) is 61.2 Å². The number of fused-ring (bicyclic) bond motifs is 1. The van der Waals surface area contributed by atoms with Crippen LogP contribution in [0.2, 0.25) is 0 Å². The molecule has 1 saturated carbocycles. The van der Waals surface area contributed by atoms with Crippen molar-refractivity contribution in [2.24, 2.45) is 16.3 Å². The van der Waals surface area contributed by atoms with Gasteiger partial charge in [0, 0.05) is 40.8 Å². The molecule has 2 heterocycles. The summed E-state index contributed by atoms with van der Waals surface area (Å²) in [4.78, 5) is 5.89. The van der Waals surface area contributed by atoms with Gasteiger partial charge in [-0.1, -0.05) is 41.5 Å². The molecule has 33 heavy (non-hydrogen) atoms. The number of nitrogens with one attached hydrogen (secondary N) is 1. The average molecular weight is 447 g/mol. The van der Waals surface area contributed by atoms with Crippen molar-refractivity contribution >= 4 is 16.7 Å². The van der Waals surface area contributed by atoms with E-state index in [4.69, 9.17) is 18.4 Å². The molecule has 1 aliphatic heterocycles. The molecule has 172 valence electrons. The summed E-state index contributed by atoms with van der Waals surface area (Å²) in [7, 11) is 1.73. The van der Waals surface area contributed by atoms with Crippen molar-refractivity contribution in [3.63, 3.8) is 0 Å². The van der Waals surface area contributed by atoms with E-state index in [1.807, 2.05) is 18.3 Å². The molecule has 0 radical (unpaired) electrons. The second-order valence-corrected chi connectivity index (χ2v) is 9.65. The van der Waals surface area contributed by atoms with Crippen LogP contribution in [0.4, 0.5) is 0 Å². The predicted octanol–water partition coefficient (Wildman–Crippen LogP) is 5.25. The Bertz CT molecular complexity index is 1300. The van der Waals surface area contributed by atoms with Gasteiger partial charge in [-0.3, -0.25) is 4.90 Å². The highest BCUT2D eigenvalue weighted by Crippen LogP contribution is 2.56. The summed E-state index contributed by atoms with van der Waals surface area (Å²) in [6.07, 6.45) is 5.69. The molecule has 1 aromatic heterocycles. The van der Waals surface area contributed by atoms with Gasteiger partial charge >= 0.3 is 0 Å². The number of amidine groups is 1. The first kappa shape index (κ1) is 19.2. The molecule has 6 heteroatoms. The maximum atomic E-state index is 9.03. The Balaban J connectivity index is 1.50. The van der Waals surface area contributed by atoms with Gasteiger partial charge in [0.05, 0.1) is 9.85 Å². The molecule has 1 atom stereocenters. The lowest BCUT2D eigenvalue weighted by molar-refractivity contribution is 0.0174. The number of aromatic nitrogens is 1. The number of H-pyrrole nitrogens is 1. The number of piperidine rings is 1. The maximum Gasteiger partial charge on any atom is 0.170 e. The Morgan fingerprint density at radius 3 is 2.85 bits per heavy atom. The zero-order valence-corrected chi connectivity index (χ0v) is 19.2. The third-order valence-corrected chi connectivity index (χ3v) is 7.56.